The molecule has 0 spiro atoms. The van der Waals surface area contributed by atoms with Crippen LogP contribution in [0.5, 0.6) is 0 Å². The predicted octanol–water partition coefficient (Wildman–Crippen LogP) is 2.46. The minimum absolute atomic E-state index is 0.275. The summed E-state index contributed by atoms with van der Waals surface area (Å²) in [4.78, 5) is 23.5. The van der Waals surface area contributed by atoms with E-state index in [-0.39, 0.29) is 11.1 Å². The lowest BCUT2D eigenvalue weighted by Crippen LogP contribution is -2.11. The van der Waals surface area contributed by atoms with E-state index in [1.54, 1.807) is 26.0 Å². The molecule has 0 N–H and O–H groups in total. The van der Waals surface area contributed by atoms with Crippen molar-refractivity contribution in [1.82, 2.24) is 0 Å². The molecule has 18 heavy (non-hydrogen) atoms. The highest BCUT2D eigenvalue weighted by Gasteiger charge is 2.02. The first kappa shape index (κ1) is 14.2. The van der Waals surface area contributed by atoms with Crippen LogP contribution in [0.1, 0.15) is 36.5 Å². The summed E-state index contributed by atoms with van der Waals surface area (Å²) in [6.45, 7) is 6.90. The highest BCUT2D eigenvalue weighted by Crippen LogP contribution is 2.00. The summed E-state index contributed by atoms with van der Waals surface area (Å²) in [5.41, 5.74) is -0.467. The van der Waals surface area contributed by atoms with E-state index >= 15 is 0 Å². The Labute approximate surface area is 106 Å². The predicted molar refractivity (Wildman–Crippen MR) is 69.4 cm³/mol. The van der Waals surface area contributed by atoms with Crippen molar-refractivity contribution >= 4 is 0 Å². The molecule has 98 valence electrons. The summed E-state index contributed by atoms with van der Waals surface area (Å²) in [6.07, 6.45) is 1.19. The van der Waals surface area contributed by atoms with E-state index in [2.05, 4.69) is 0 Å². The Morgan fingerprint density at radius 3 is 1.44 bits per heavy atom. The maximum absolute atomic E-state index is 11.8. The van der Waals surface area contributed by atoms with Gasteiger partial charge in [-0.15, -0.1) is 0 Å². The Hall–Kier alpha value is -1.84. The van der Waals surface area contributed by atoms with Gasteiger partial charge in [0.05, 0.1) is 0 Å². The van der Waals surface area contributed by atoms with Crippen LogP contribution < -0.4 is 11.3 Å². The highest BCUT2D eigenvalue weighted by atomic mass is 16.4. The van der Waals surface area contributed by atoms with Crippen LogP contribution in [0.4, 0.5) is 0 Å². The van der Waals surface area contributed by atoms with Crippen LogP contribution in [0.3, 0.4) is 0 Å². The van der Waals surface area contributed by atoms with Crippen molar-refractivity contribution in [2.75, 3.05) is 0 Å². The van der Waals surface area contributed by atoms with Gasteiger partial charge in [0.1, 0.15) is 11.5 Å². The van der Waals surface area contributed by atoms with Crippen LogP contribution in [0, 0.1) is 13.8 Å². The quantitative estimate of drug-likeness (QED) is 0.809. The second-order valence-electron chi connectivity index (χ2n) is 4.00. The maximum Gasteiger partial charge on any atom is 0.339 e. The molecule has 0 saturated heterocycles. The number of hydrogen-bond acceptors (Lipinski definition) is 4. The van der Waals surface area contributed by atoms with Gasteiger partial charge in [-0.25, -0.2) is 9.59 Å². The molecule has 0 radical (unpaired) electrons. The first-order valence-corrected chi connectivity index (χ1v) is 6.01. The molecule has 4 nitrogen and oxygen atoms in total. The van der Waals surface area contributed by atoms with Gasteiger partial charge in [0.25, 0.3) is 0 Å². The second-order valence-corrected chi connectivity index (χ2v) is 4.00. The minimum Gasteiger partial charge on any atom is -0.428 e. The summed E-state index contributed by atoms with van der Waals surface area (Å²) in [6, 6.07) is 3.33. The van der Waals surface area contributed by atoms with Gasteiger partial charge in [-0.05, 0) is 26.0 Å². The van der Waals surface area contributed by atoms with E-state index in [9.17, 15) is 9.59 Å². The smallest absolute Gasteiger partial charge is 0.339 e. The summed E-state index contributed by atoms with van der Waals surface area (Å²) in [7, 11) is 0. The molecular weight excluding hydrogens is 232 g/mol. The zero-order valence-corrected chi connectivity index (χ0v) is 11.2. The molecule has 0 aromatic carbocycles. The lowest BCUT2D eigenvalue weighted by atomic mass is 10.2. The van der Waals surface area contributed by atoms with E-state index in [0.717, 1.165) is 0 Å². The molecule has 0 fully saturated rings. The largest absolute Gasteiger partial charge is 0.428 e. The van der Waals surface area contributed by atoms with Gasteiger partial charge in [0.2, 0.25) is 0 Å². The van der Waals surface area contributed by atoms with Crippen molar-refractivity contribution in [3.8, 4) is 0 Å². The van der Waals surface area contributed by atoms with Gasteiger partial charge in [-0.3, -0.25) is 0 Å². The lowest BCUT2D eigenvalue weighted by Gasteiger charge is -1.96. The summed E-state index contributed by atoms with van der Waals surface area (Å²) >= 11 is 0. The lowest BCUT2D eigenvalue weighted by molar-refractivity contribution is 0.448. The SMILES string of the molecule is CCc1ccc(CC)oc(=O)c(C)c(C)c(=O)o1. The van der Waals surface area contributed by atoms with Crippen LogP contribution in [0.25, 0.3) is 0 Å². The molecule has 0 atom stereocenters. The van der Waals surface area contributed by atoms with E-state index in [1.807, 2.05) is 13.8 Å². The van der Waals surface area contributed by atoms with Gasteiger partial charge in [0, 0.05) is 24.0 Å². The van der Waals surface area contributed by atoms with E-state index in [1.165, 1.54) is 0 Å². The van der Waals surface area contributed by atoms with Crippen molar-refractivity contribution in [3.63, 3.8) is 0 Å². The summed E-state index contributed by atoms with van der Waals surface area (Å²) < 4.78 is 10.4. The highest BCUT2D eigenvalue weighted by molar-refractivity contribution is 5.15. The molecule has 1 aromatic heterocycles. The van der Waals surface area contributed by atoms with Crippen LogP contribution in [0.15, 0.2) is 30.6 Å². The molecule has 0 aliphatic heterocycles. The van der Waals surface area contributed by atoms with Crippen LogP contribution in [0.2, 0.25) is 0 Å². The van der Waals surface area contributed by atoms with E-state index in [4.69, 9.17) is 8.83 Å². The summed E-state index contributed by atoms with van der Waals surface area (Å²) in [5.74, 6) is 1.10. The molecule has 0 aliphatic rings. The maximum atomic E-state index is 11.8. The first-order chi connectivity index (χ1) is 8.49. The molecule has 0 bridgehead atoms. The van der Waals surface area contributed by atoms with Crippen molar-refractivity contribution < 1.29 is 8.83 Å². The number of hydrogen-bond donors (Lipinski definition) is 0. The van der Waals surface area contributed by atoms with Gasteiger partial charge in [-0.1, -0.05) is 13.8 Å². The first-order valence-electron chi connectivity index (χ1n) is 6.01. The fraction of sp³-hybridized carbons (Fsp3) is 0.429. The topological polar surface area (TPSA) is 60.4 Å². The van der Waals surface area contributed by atoms with Gasteiger partial charge < -0.3 is 8.83 Å². The van der Waals surface area contributed by atoms with Crippen LogP contribution >= 0.6 is 0 Å². The third-order valence-corrected chi connectivity index (χ3v) is 2.77. The van der Waals surface area contributed by atoms with E-state index < -0.39 is 11.3 Å². The second kappa shape index (κ2) is 6.19. The third-order valence-electron chi connectivity index (χ3n) is 2.77. The van der Waals surface area contributed by atoms with Crippen molar-refractivity contribution in [3.05, 3.63) is 55.6 Å². The molecule has 0 unspecified atom stereocenters. The average molecular weight is 250 g/mol. The monoisotopic (exact) mass is 250 g/mol. The molecule has 0 amide bonds. The number of rotatable bonds is 2. The van der Waals surface area contributed by atoms with Gasteiger partial charge >= 0.3 is 11.3 Å². The standard InChI is InChI=1S/C14H18O4/c1-5-11-7-8-12(6-2)18-14(16)10(4)9(3)13(15)17-11/h7-8H,5-6H2,1-4H3. The Morgan fingerprint density at radius 2 is 1.17 bits per heavy atom. The molecule has 0 saturated carbocycles. The molecular formula is C14H18O4. The molecule has 1 heterocycles. The molecule has 4 heteroatoms. The van der Waals surface area contributed by atoms with Crippen molar-refractivity contribution in [2.24, 2.45) is 0 Å². The Morgan fingerprint density at radius 1 is 0.833 bits per heavy atom. The molecule has 0 aliphatic carbocycles. The number of aryl methyl sites for hydroxylation is 2. The normalized spacial score (nSPS) is 10.0. The Bertz CT molecular complexity index is 538. The Kier molecular flexibility index (Phi) is 4.89. The summed E-state index contributed by atoms with van der Waals surface area (Å²) in [5, 5.41) is 0. The van der Waals surface area contributed by atoms with Crippen LogP contribution in [-0.2, 0) is 12.8 Å². The van der Waals surface area contributed by atoms with Crippen LogP contribution in [-0.4, -0.2) is 0 Å². The third kappa shape index (κ3) is 3.32. The zero-order chi connectivity index (χ0) is 13.7. The minimum atomic E-state index is -0.508. The Balaban J connectivity index is 3.82. The molecule has 1 aromatic rings. The fourth-order valence-electron chi connectivity index (χ4n) is 1.33. The van der Waals surface area contributed by atoms with Gasteiger partial charge in [-0.2, -0.15) is 0 Å². The van der Waals surface area contributed by atoms with Crippen molar-refractivity contribution in [2.45, 2.75) is 40.5 Å². The molecule has 1 rings (SSSR count). The average Bonchev–Trinajstić information content (AvgIpc) is 2.38. The van der Waals surface area contributed by atoms with E-state index in [0.29, 0.717) is 24.4 Å². The van der Waals surface area contributed by atoms with Gasteiger partial charge in [0.15, 0.2) is 0 Å². The fourth-order valence-corrected chi connectivity index (χ4v) is 1.33. The van der Waals surface area contributed by atoms with Crippen molar-refractivity contribution in [1.29, 1.82) is 0 Å². The zero-order valence-electron chi connectivity index (χ0n) is 11.2.